The van der Waals surface area contributed by atoms with Crippen molar-refractivity contribution in [3.63, 3.8) is 0 Å². The molecule has 51 heavy (non-hydrogen) atoms. The summed E-state index contributed by atoms with van der Waals surface area (Å²) in [5, 5.41) is 28.3. The number of H-pyrrole nitrogens is 2. The highest BCUT2D eigenvalue weighted by atomic mass is 32.2. The number of aromatic amines is 2. The molecule has 0 amide bonds. The summed E-state index contributed by atoms with van der Waals surface area (Å²) in [5.74, 6) is 3.90. The second kappa shape index (κ2) is 20.8. The highest BCUT2D eigenvalue weighted by Crippen LogP contribution is 2.37. The van der Waals surface area contributed by atoms with Crippen molar-refractivity contribution in [2.24, 2.45) is 10.8 Å². The minimum absolute atomic E-state index is 0.195. The van der Waals surface area contributed by atoms with Gasteiger partial charge < -0.3 is 18.2 Å². The Bertz CT molecular complexity index is 1350. The van der Waals surface area contributed by atoms with E-state index in [1.807, 2.05) is 27.7 Å². The maximum absolute atomic E-state index is 13.9. The van der Waals surface area contributed by atoms with Crippen LogP contribution in [0.15, 0.2) is 0 Å². The van der Waals surface area contributed by atoms with Crippen molar-refractivity contribution in [1.29, 1.82) is 0 Å². The van der Waals surface area contributed by atoms with Gasteiger partial charge >= 0.3 is 0 Å². The summed E-state index contributed by atoms with van der Waals surface area (Å²) in [7, 11) is -4.06. The van der Waals surface area contributed by atoms with E-state index >= 15 is 0 Å². The standard InChI is InChI=1S/C31H60N8O7S5/c1-28(2,12-9-15-47(40)17-11-18-48(41)16-10-13-29(3,4)24-51(44,45)46)22-25(23-31(7,8)27-34-38-39-35-27)50(43)21-20-49(42)19-14-30(5,6)26-32-36-37-33-26/h25H,9-24H2,1-8H3,(H,44,45,46)(H,32,33,36,37)(H,34,35,38,39). The summed E-state index contributed by atoms with van der Waals surface area (Å²) in [5.41, 5.74) is -1.62. The van der Waals surface area contributed by atoms with Gasteiger partial charge in [-0.05, 0) is 79.7 Å². The maximum atomic E-state index is 13.9. The normalized spacial score (nSPS) is 16.6. The molecular formula is C31H60N8O7S5. The minimum Gasteiger partial charge on any atom is -0.616 e. The Morgan fingerprint density at radius 1 is 0.627 bits per heavy atom. The van der Waals surface area contributed by atoms with Gasteiger partial charge in [0.2, 0.25) is 0 Å². The molecule has 0 aliphatic carbocycles. The van der Waals surface area contributed by atoms with Crippen LogP contribution in [0.2, 0.25) is 0 Å². The third kappa shape index (κ3) is 18.9. The van der Waals surface area contributed by atoms with Gasteiger partial charge in [-0.25, -0.2) is 10.2 Å². The molecule has 2 heterocycles. The first kappa shape index (κ1) is 46.4. The molecule has 2 aromatic rings. The van der Waals surface area contributed by atoms with Crippen molar-refractivity contribution in [3.8, 4) is 0 Å². The van der Waals surface area contributed by atoms with Gasteiger partial charge in [-0.15, -0.1) is 10.2 Å². The van der Waals surface area contributed by atoms with Gasteiger partial charge in [0.15, 0.2) is 11.6 Å². The quantitative estimate of drug-likeness (QED) is 0.0864. The fraction of sp³-hybridized carbons (Fsp3) is 0.935. The number of aromatic nitrogens is 8. The average molecular weight is 817 g/mol. The van der Waals surface area contributed by atoms with E-state index in [-0.39, 0.29) is 21.8 Å². The molecule has 5 unspecified atom stereocenters. The molecule has 3 N–H and O–H groups in total. The van der Waals surface area contributed by atoms with Crippen LogP contribution in [-0.4, -0.2) is 124 Å². The number of nitrogens with zero attached hydrogens (tertiary/aromatic N) is 6. The SMILES string of the molecule is CC(C)(CCC[S+]([O-])CCC[S+]([O-])CCCC(C)(C)CS(=O)(=O)O)CC(CC(C)(C)c1nnn[nH]1)[S+]([O-])CC[S+]([O-])CCC(C)(C)c1nnn[nH]1. The molecule has 296 valence electrons. The minimum atomic E-state index is -4.06. The van der Waals surface area contributed by atoms with Gasteiger partial charge in [0.05, 0.1) is 5.75 Å². The van der Waals surface area contributed by atoms with Gasteiger partial charge in [0, 0.05) is 36.5 Å². The highest BCUT2D eigenvalue weighted by molar-refractivity contribution is 7.95. The second-order valence-corrected chi connectivity index (χ2v) is 24.7. The largest absolute Gasteiger partial charge is 0.616 e. The monoisotopic (exact) mass is 816 g/mol. The molecule has 0 spiro atoms. The van der Waals surface area contributed by atoms with Crippen molar-refractivity contribution in [2.45, 2.75) is 123 Å². The van der Waals surface area contributed by atoms with Crippen LogP contribution in [0.1, 0.15) is 118 Å². The van der Waals surface area contributed by atoms with Gasteiger partial charge in [0.25, 0.3) is 10.1 Å². The van der Waals surface area contributed by atoms with E-state index in [2.05, 4.69) is 55.1 Å². The number of tetrazole rings is 2. The summed E-state index contributed by atoms with van der Waals surface area (Å²) in [6.07, 6.45) is 5.08. The fourth-order valence-electron chi connectivity index (χ4n) is 6.04. The smallest absolute Gasteiger partial charge is 0.265 e. The summed E-state index contributed by atoms with van der Waals surface area (Å²) in [6, 6.07) is 0. The van der Waals surface area contributed by atoms with Gasteiger partial charge in [-0.3, -0.25) is 4.55 Å². The molecular weight excluding hydrogens is 757 g/mol. The van der Waals surface area contributed by atoms with Gasteiger partial charge in [0.1, 0.15) is 45.5 Å². The van der Waals surface area contributed by atoms with E-state index in [0.717, 1.165) is 12.8 Å². The Morgan fingerprint density at radius 2 is 1.10 bits per heavy atom. The van der Waals surface area contributed by atoms with E-state index < -0.39 is 65.7 Å². The topological polar surface area (TPSA) is 256 Å². The van der Waals surface area contributed by atoms with E-state index in [1.54, 1.807) is 13.8 Å². The van der Waals surface area contributed by atoms with E-state index in [4.69, 9.17) is 4.55 Å². The van der Waals surface area contributed by atoms with Crippen molar-refractivity contribution in [3.05, 3.63) is 11.6 Å². The van der Waals surface area contributed by atoms with Crippen LogP contribution in [0.4, 0.5) is 0 Å². The molecule has 0 radical (unpaired) electrons. The summed E-state index contributed by atoms with van der Waals surface area (Å²) >= 11 is -4.55. The summed E-state index contributed by atoms with van der Waals surface area (Å²) in [4.78, 5) is 0. The second-order valence-electron chi connectivity index (χ2n) is 16.3. The molecule has 0 aromatic carbocycles. The van der Waals surface area contributed by atoms with Crippen LogP contribution in [-0.2, 0) is 65.7 Å². The van der Waals surface area contributed by atoms with Crippen LogP contribution in [0.3, 0.4) is 0 Å². The molecule has 15 nitrogen and oxygen atoms in total. The highest BCUT2D eigenvalue weighted by Gasteiger charge is 2.38. The Balaban J connectivity index is 1.84. The molecule has 2 rings (SSSR count). The zero-order chi connectivity index (χ0) is 38.5. The van der Waals surface area contributed by atoms with E-state index in [1.165, 1.54) is 0 Å². The Morgan fingerprint density at radius 3 is 1.59 bits per heavy atom. The average Bonchev–Trinajstić information content (AvgIpc) is 3.73. The third-order valence-corrected chi connectivity index (χ3v) is 16.5. The molecule has 0 fully saturated rings. The molecule has 0 saturated carbocycles. The summed E-state index contributed by atoms with van der Waals surface area (Å²) < 4.78 is 83.6. The lowest BCUT2D eigenvalue weighted by atomic mass is 9.78. The first-order chi connectivity index (χ1) is 23.5. The molecule has 0 bridgehead atoms. The molecule has 0 aliphatic heterocycles. The van der Waals surface area contributed by atoms with Crippen LogP contribution < -0.4 is 0 Å². The lowest BCUT2D eigenvalue weighted by Gasteiger charge is -2.34. The van der Waals surface area contributed by atoms with Crippen molar-refractivity contribution >= 4 is 54.8 Å². The number of nitrogens with one attached hydrogen (secondary N) is 2. The first-order valence-electron chi connectivity index (χ1n) is 17.4. The molecule has 0 saturated heterocycles. The third-order valence-electron chi connectivity index (χ3n) is 9.10. The number of hydrogen-bond donors (Lipinski definition) is 3. The van der Waals surface area contributed by atoms with Crippen molar-refractivity contribution in [2.75, 3.05) is 46.0 Å². The molecule has 20 heteroatoms. The Hall–Kier alpha value is -0.710. The van der Waals surface area contributed by atoms with Crippen LogP contribution >= 0.6 is 0 Å². The first-order valence-corrected chi connectivity index (χ1v) is 24.8. The van der Waals surface area contributed by atoms with Crippen LogP contribution in [0.25, 0.3) is 0 Å². The molecule has 0 aliphatic rings. The van der Waals surface area contributed by atoms with Crippen molar-refractivity contribution in [1.82, 2.24) is 41.2 Å². The molecule has 2 aromatic heterocycles. The maximum Gasteiger partial charge on any atom is 0.265 e. The molecule has 5 atom stereocenters. The Labute approximate surface area is 317 Å². The van der Waals surface area contributed by atoms with E-state index in [9.17, 15) is 26.6 Å². The van der Waals surface area contributed by atoms with E-state index in [0.29, 0.717) is 90.4 Å². The zero-order valence-corrected chi connectivity index (χ0v) is 35.6. The summed E-state index contributed by atoms with van der Waals surface area (Å²) in [6.45, 7) is 15.8. The lowest BCUT2D eigenvalue weighted by molar-refractivity contribution is 0.278. The Kier molecular flexibility index (Phi) is 19.0. The van der Waals surface area contributed by atoms with Crippen LogP contribution in [0.5, 0.6) is 0 Å². The predicted octanol–water partition coefficient (Wildman–Crippen LogP) is 3.39. The van der Waals surface area contributed by atoms with Gasteiger partial charge in [-0.1, -0.05) is 77.7 Å². The lowest BCUT2D eigenvalue weighted by Crippen LogP contribution is -2.37. The van der Waals surface area contributed by atoms with Gasteiger partial charge in [-0.2, -0.15) is 8.42 Å². The number of hydrogen-bond acceptors (Lipinski definition) is 12. The number of rotatable bonds is 27. The zero-order valence-electron chi connectivity index (χ0n) is 31.5. The van der Waals surface area contributed by atoms with Crippen LogP contribution in [0, 0.1) is 10.8 Å². The predicted molar refractivity (Wildman–Crippen MR) is 206 cm³/mol. The fourth-order valence-corrected chi connectivity index (χ4v) is 13.5. The van der Waals surface area contributed by atoms with Crippen molar-refractivity contribution < 1.29 is 31.2 Å².